The van der Waals surface area contributed by atoms with Crippen molar-refractivity contribution in [2.45, 2.75) is 51.7 Å². The Hall–Kier alpha value is -2.10. The van der Waals surface area contributed by atoms with Crippen LogP contribution in [0.25, 0.3) is 0 Å². The van der Waals surface area contributed by atoms with Crippen LogP contribution in [0, 0.1) is 13.8 Å². The van der Waals surface area contributed by atoms with E-state index >= 15 is 0 Å². The molecule has 4 rings (SSSR count). The molecule has 1 aromatic carbocycles. The fourth-order valence-electron chi connectivity index (χ4n) is 3.11. The van der Waals surface area contributed by atoms with E-state index in [0.29, 0.717) is 0 Å². The van der Waals surface area contributed by atoms with Crippen molar-refractivity contribution in [1.82, 2.24) is 9.78 Å². The maximum atomic E-state index is 5.61. The fourth-order valence-corrected chi connectivity index (χ4v) is 3.11. The minimum Gasteiger partial charge on any atom is -0.390 e. The number of hydrogen-bond donors (Lipinski definition) is 0. The van der Waals surface area contributed by atoms with Crippen molar-refractivity contribution in [3.8, 4) is 0 Å². The Morgan fingerprint density at radius 1 is 1.18 bits per heavy atom. The summed E-state index contributed by atoms with van der Waals surface area (Å²) in [6.45, 7) is 4.85. The Labute approximate surface area is 130 Å². The van der Waals surface area contributed by atoms with Crippen LogP contribution in [0.3, 0.4) is 0 Å². The summed E-state index contributed by atoms with van der Waals surface area (Å²) in [7, 11) is 0. The minimum atomic E-state index is 0.0797. The lowest BCUT2D eigenvalue weighted by Crippen LogP contribution is -2.18. The van der Waals surface area contributed by atoms with Gasteiger partial charge in [-0.15, -0.1) is 0 Å². The molecule has 1 aromatic heterocycles. The Morgan fingerprint density at radius 2 is 1.95 bits per heavy atom. The first kappa shape index (κ1) is 13.6. The van der Waals surface area contributed by atoms with Crippen molar-refractivity contribution < 1.29 is 4.84 Å². The van der Waals surface area contributed by atoms with E-state index in [1.165, 1.54) is 29.7 Å². The zero-order valence-corrected chi connectivity index (χ0v) is 13.1. The molecule has 2 aliphatic rings. The monoisotopic (exact) mass is 295 g/mol. The second-order valence-corrected chi connectivity index (χ2v) is 6.48. The van der Waals surface area contributed by atoms with Crippen LogP contribution in [0.1, 0.15) is 47.7 Å². The highest BCUT2D eigenvalue weighted by atomic mass is 16.6. The van der Waals surface area contributed by atoms with Gasteiger partial charge >= 0.3 is 0 Å². The zero-order chi connectivity index (χ0) is 15.1. The van der Waals surface area contributed by atoms with Gasteiger partial charge in [0.25, 0.3) is 0 Å². The Morgan fingerprint density at radius 3 is 2.59 bits per heavy atom. The Kier molecular flexibility index (Phi) is 3.25. The summed E-state index contributed by atoms with van der Waals surface area (Å²) in [5, 5.41) is 8.78. The topological polar surface area (TPSA) is 39.4 Å². The van der Waals surface area contributed by atoms with Crippen molar-refractivity contribution in [2.24, 2.45) is 5.16 Å². The second-order valence-electron chi connectivity index (χ2n) is 6.48. The van der Waals surface area contributed by atoms with Gasteiger partial charge in [0.2, 0.25) is 0 Å². The van der Waals surface area contributed by atoms with Crippen molar-refractivity contribution in [1.29, 1.82) is 0 Å². The van der Waals surface area contributed by atoms with E-state index in [1.807, 2.05) is 11.6 Å². The molecule has 114 valence electrons. The summed E-state index contributed by atoms with van der Waals surface area (Å²) in [5.74, 6) is 0.801. The zero-order valence-electron chi connectivity index (χ0n) is 13.1. The van der Waals surface area contributed by atoms with E-state index < -0.39 is 0 Å². The summed E-state index contributed by atoms with van der Waals surface area (Å²) in [6.07, 6.45) is 3.61. The number of benzene rings is 1. The average Bonchev–Trinajstić information content (AvgIpc) is 3.18. The van der Waals surface area contributed by atoms with Crippen molar-refractivity contribution in [3.63, 3.8) is 0 Å². The van der Waals surface area contributed by atoms with Gasteiger partial charge in [0, 0.05) is 12.1 Å². The number of aryl methyl sites for hydroxylation is 2. The number of oxime groups is 1. The van der Waals surface area contributed by atoms with E-state index in [1.54, 1.807) is 0 Å². The molecule has 1 fully saturated rings. The third-order valence-electron chi connectivity index (χ3n) is 4.51. The van der Waals surface area contributed by atoms with Crippen LogP contribution in [-0.2, 0) is 11.4 Å². The summed E-state index contributed by atoms with van der Waals surface area (Å²) in [4.78, 5) is 5.61. The molecule has 2 heterocycles. The Balaban J connectivity index is 1.41. The highest BCUT2D eigenvalue weighted by Crippen LogP contribution is 2.40. The summed E-state index contributed by atoms with van der Waals surface area (Å²) in [6, 6.07) is 10.9. The molecule has 0 N–H and O–H groups in total. The SMILES string of the molecule is Cc1cc(C)n(C[C@H]2CC(c3ccc(C4CC4)cc3)=NO2)n1. The van der Waals surface area contributed by atoms with Crippen molar-refractivity contribution in [3.05, 3.63) is 52.8 Å². The number of aromatic nitrogens is 2. The van der Waals surface area contributed by atoms with E-state index in [-0.39, 0.29) is 6.10 Å². The van der Waals surface area contributed by atoms with Crippen molar-refractivity contribution in [2.75, 3.05) is 0 Å². The third-order valence-corrected chi connectivity index (χ3v) is 4.51. The third kappa shape index (κ3) is 2.65. The van der Waals surface area contributed by atoms with Crippen LogP contribution in [0.15, 0.2) is 35.5 Å². The molecule has 1 saturated carbocycles. The average molecular weight is 295 g/mol. The molecule has 1 aliphatic heterocycles. The lowest BCUT2D eigenvalue weighted by Gasteiger charge is -2.09. The highest BCUT2D eigenvalue weighted by Gasteiger charge is 2.25. The predicted molar refractivity (Wildman–Crippen MR) is 86.1 cm³/mol. The maximum absolute atomic E-state index is 5.61. The first-order chi connectivity index (χ1) is 10.7. The smallest absolute Gasteiger partial charge is 0.152 e. The molecule has 0 unspecified atom stereocenters. The van der Waals surface area contributed by atoms with Gasteiger partial charge in [0.05, 0.1) is 18.0 Å². The molecule has 2 aromatic rings. The first-order valence-electron chi connectivity index (χ1n) is 8.03. The van der Waals surface area contributed by atoms with Gasteiger partial charge in [0.15, 0.2) is 6.10 Å². The molecular formula is C18H21N3O. The minimum absolute atomic E-state index is 0.0797. The summed E-state index contributed by atoms with van der Waals surface area (Å²) in [5.41, 5.74) is 5.91. The van der Waals surface area contributed by atoms with Crippen LogP contribution in [-0.4, -0.2) is 21.6 Å². The predicted octanol–water partition coefficient (Wildman–Crippen LogP) is 3.57. The van der Waals surface area contributed by atoms with Gasteiger partial charge in [-0.1, -0.05) is 29.4 Å². The molecule has 0 spiro atoms. The fraction of sp³-hybridized carbons (Fsp3) is 0.444. The van der Waals surface area contributed by atoms with Crippen LogP contribution >= 0.6 is 0 Å². The molecule has 4 nitrogen and oxygen atoms in total. The highest BCUT2D eigenvalue weighted by molar-refractivity contribution is 6.01. The van der Waals surface area contributed by atoms with Gasteiger partial charge in [-0.2, -0.15) is 5.10 Å². The molecule has 0 radical (unpaired) electrons. The molecule has 0 saturated heterocycles. The largest absolute Gasteiger partial charge is 0.390 e. The second kappa shape index (κ2) is 5.27. The van der Waals surface area contributed by atoms with Crippen LogP contribution in [0.5, 0.6) is 0 Å². The van der Waals surface area contributed by atoms with Gasteiger partial charge in [-0.3, -0.25) is 4.68 Å². The first-order valence-corrected chi connectivity index (χ1v) is 8.03. The molecule has 4 heteroatoms. The van der Waals surface area contributed by atoms with E-state index in [4.69, 9.17) is 4.84 Å². The normalized spacial score (nSPS) is 20.8. The van der Waals surface area contributed by atoms with Crippen LogP contribution in [0.4, 0.5) is 0 Å². The molecule has 1 aliphatic carbocycles. The van der Waals surface area contributed by atoms with E-state index in [2.05, 4.69) is 47.5 Å². The van der Waals surface area contributed by atoms with Crippen molar-refractivity contribution >= 4 is 5.71 Å². The maximum Gasteiger partial charge on any atom is 0.152 e. The van der Waals surface area contributed by atoms with E-state index in [9.17, 15) is 0 Å². The summed E-state index contributed by atoms with van der Waals surface area (Å²) < 4.78 is 2.01. The van der Waals surface area contributed by atoms with Gasteiger partial charge < -0.3 is 4.84 Å². The Bertz CT molecular complexity index is 710. The van der Waals surface area contributed by atoms with Gasteiger partial charge in [0.1, 0.15) is 0 Å². The summed E-state index contributed by atoms with van der Waals surface area (Å²) >= 11 is 0. The number of nitrogens with zero attached hydrogens (tertiary/aromatic N) is 3. The van der Waals surface area contributed by atoms with Gasteiger partial charge in [-0.25, -0.2) is 0 Å². The lowest BCUT2D eigenvalue weighted by molar-refractivity contribution is 0.0692. The molecule has 22 heavy (non-hydrogen) atoms. The molecule has 1 atom stereocenters. The standard InChI is InChI=1S/C18H21N3O/c1-12-9-13(2)21(19-12)11-17-10-18(20-22-17)16-7-5-15(6-8-16)14-3-4-14/h5-9,14,17H,3-4,10-11H2,1-2H3/t17-/m1/s1. The van der Waals surface area contributed by atoms with E-state index in [0.717, 1.165) is 30.3 Å². The number of rotatable bonds is 4. The van der Waals surface area contributed by atoms with Gasteiger partial charge in [-0.05, 0) is 49.8 Å². The molecular weight excluding hydrogens is 274 g/mol. The quantitative estimate of drug-likeness (QED) is 0.865. The molecule has 0 amide bonds. The van der Waals surface area contributed by atoms with Crippen LogP contribution in [0.2, 0.25) is 0 Å². The lowest BCUT2D eigenvalue weighted by atomic mass is 10.0. The van der Waals surface area contributed by atoms with Crippen LogP contribution < -0.4 is 0 Å². The number of hydrogen-bond acceptors (Lipinski definition) is 3. The molecule has 0 bridgehead atoms.